The Bertz CT molecular complexity index is 1370. The van der Waals surface area contributed by atoms with Crippen molar-refractivity contribution >= 4 is 39.0 Å². The molecule has 4 heterocycles. The Labute approximate surface area is 161 Å². The lowest BCUT2D eigenvalue weighted by atomic mass is 10.2. The highest BCUT2D eigenvalue weighted by atomic mass is 32.1. The first-order valence-electron chi connectivity index (χ1n) is 8.41. The summed E-state index contributed by atoms with van der Waals surface area (Å²) in [4.78, 5) is 33.6. The van der Waals surface area contributed by atoms with E-state index >= 15 is 0 Å². The molecule has 7 nitrogen and oxygen atoms in total. The highest BCUT2D eigenvalue weighted by Gasteiger charge is 2.16. The normalized spacial score (nSPS) is 11.1. The number of hydrogen-bond donors (Lipinski definition) is 1. The van der Waals surface area contributed by atoms with Gasteiger partial charge in [0.25, 0.3) is 11.5 Å². The number of para-hydroxylation sites is 1. The first kappa shape index (κ1) is 16.4. The fraction of sp³-hybridized carbons (Fsp3) is 0. The first-order valence-corrected chi connectivity index (χ1v) is 9.29. The molecule has 8 heteroatoms. The van der Waals surface area contributed by atoms with Crippen LogP contribution in [-0.4, -0.2) is 20.3 Å². The van der Waals surface area contributed by atoms with Crippen molar-refractivity contribution in [2.75, 3.05) is 5.32 Å². The third-order valence-corrected chi connectivity index (χ3v) is 5.02. The average molecular weight is 388 g/mol. The van der Waals surface area contributed by atoms with Crippen LogP contribution in [0.4, 0.5) is 5.13 Å². The highest BCUT2D eigenvalue weighted by Crippen LogP contribution is 2.30. The van der Waals surface area contributed by atoms with Crippen LogP contribution >= 0.6 is 11.3 Å². The summed E-state index contributed by atoms with van der Waals surface area (Å²) in [6.45, 7) is 0. The number of hydrogen-bond acceptors (Lipinski definition) is 6. The molecule has 0 radical (unpaired) electrons. The van der Waals surface area contributed by atoms with Gasteiger partial charge < -0.3 is 4.42 Å². The van der Waals surface area contributed by atoms with Crippen molar-refractivity contribution in [3.63, 3.8) is 0 Å². The number of anilines is 1. The molecule has 5 rings (SSSR count). The fourth-order valence-electron chi connectivity index (χ4n) is 2.90. The van der Waals surface area contributed by atoms with Gasteiger partial charge in [0.05, 0.1) is 0 Å². The minimum atomic E-state index is -0.554. The lowest BCUT2D eigenvalue weighted by Crippen LogP contribution is -2.26. The van der Waals surface area contributed by atoms with Gasteiger partial charge in [-0.1, -0.05) is 24.3 Å². The van der Waals surface area contributed by atoms with Gasteiger partial charge in [0, 0.05) is 23.2 Å². The quantitative estimate of drug-likeness (QED) is 0.508. The van der Waals surface area contributed by atoms with Gasteiger partial charge in [0.1, 0.15) is 22.5 Å². The molecule has 0 aliphatic rings. The lowest BCUT2D eigenvalue weighted by Gasteiger charge is -2.03. The SMILES string of the molecule is O=C(Nc1nc(-c2cc3ccccc3o2)cs1)c1cnc2ccccn2c1=O. The molecule has 0 aliphatic heterocycles. The molecule has 1 amide bonds. The predicted molar refractivity (Wildman–Crippen MR) is 107 cm³/mol. The summed E-state index contributed by atoms with van der Waals surface area (Å²) in [5.74, 6) is 0.0617. The Morgan fingerprint density at radius 2 is 2.00 bits per heavy atom. The molecule has 0 fully saturated rings. The predicted octanol–water partition coefficient (Wildman–Crippen LogP) is 3.82. The number of amides is 1. The minimum absolute atomic E-state index is 0.0517. The van der Waals surface area contributed by atoms with Crippen molar-refractivity contribution in [3.05, 3.63) is 82.2 Å². The summed E-state index contributed by atoms with van der Waals surface area (Å²) in [6, 6.07) is 14.8. The largest absolute Gasteiger partial charge is 0.454 e. The van der Waals surface area contributed by atoms with Crippen LogP contribution in [0.3, 0.4) is 0 Å². The number of aromatic nitrogens is 3. The molecule has 4 aromatic heterocycles. The van der Waals surface area contributed by atoms with Crippen LogP contribution in [0.5, 0.6) is 0 Å². The van der Waals surface area contributed by atoms with E-state index in [4.69, 9.17) is 4.42 Å². The molecule has 0 aliphatic carbocycles. The number of benzene rings is 1. The third kappa shape index (κ3) is 2.76. The molecule has 0 saturated heterocycles. The van der Waals surface area contributed by atoms with Crippen molar-refractivity contribution in [1.82, 2.24) is 14.4 Å². The van der Waals surface area contributed by atoms with Crippen molar-refractivity contribution in [1.29, 1.82) is 0 Å². The molecule has 0 bridgehead atoms. The van der Waals surface area contributed by atoms with Crippen LogP contribution < -0.4 is 10.9 Å². The van der Waals surface area contributed by atoms with Crippen LogP contribution in [0.2, 0.25) is 0 Å². The van der Waals surface area contributed by atoms with Gasteiger partial charge in [0.2, 0.25) is 0 Å². The van der Waals surface area contributed by atoms with Gasteiger partial charge in [-0.2, -0.15) is 0 Å². The van der Waals surface area contributed by atoms with Gasteiger partial charge in [-0.25, -0.2) is 9.97 Å². The van der Waals surface area contributed by atoms with Crippen molar-refractivity contribution in [3.8, 4) is 11.5 Å². The Hall–Kier alpha value is -3.78. The summed E-state index contributed by atoms with van der Waals surface area (Å²) in [5, 5.41) is 5.80. The van der Waals surface area contributed by atoms with E-state index in [9.17, 15) is 9.59 Å². The van der Waals surface area contributed by atoms with Gasteiger partial charge >= 0.3 is 0 Å². The number of carbonyl (C=O) groups is 1. The Kier molecular flexibility index (Phi) is 3.77. The molecule has 1 N–H and O–H groups in total. The van der Waals surface area contributed by atoms with Crippen molar-refractivity contribution in [2.45, 2.75) is 0 Å². The van der Waals surface area contributed by atoms with Crippen molar-refractivity contribution < 1.29 is 9.21 Å². The smallest absolute Gasteiger partial charge is 0.270 e. The summed E-state index contributed by atoms with van der Waals surface area (Å²) < 4.78 is 7.12. The van der Waals surface area contributed by atoms with E-state index in [0.717, 1.165) is 11.0 Å². The number of rotatable bonds is 3. The second kappa shape index (κ2) is 6.43. The van der Waals surface area contributed by atoms with E-state index in [-0.39, 0.29) is 5.56 Å². The summed E-state index contributed by atoms with van der Waals surface area (Å²) in [6.07, 6.45) is 2.85. The Balaban J connectivity index is 1.43. The number of pyridine rings is 1. The minimum Gasteiger partial charge on any atom is -0.454 e. The zero-order valence-corrected chi connectivity index (χ0v) is 15.1. The first-order chi connectivity index (χ1) is 13.7. The molecule has 0 atom stereocenters. The molecule has 5 aromatic rings. The number of thiazole rings is 1. The summed E-state index contributed by atoms with van der Waals surface area (Å²) in [5.41, 5.74) is 1.38. The fourth-order valence-corrected chi connectivity index (χ4v) is 3.59. The van der Waals surface area contributed by atoms with Crippen LogP contribution in [0.25, 0.3) is 28.1 Å². The van der Waals surface area contributed by atoms with Gasteiger partial charge in [-0.15, -0.1) is 11.3 Å². The topological polar surface area (TPSA) is 89.5 Å². The van der Waals surface area contributed by atoms with Crippen LogP contribution in [0, 0.1) is 0 Å². The van der Waals surface area contributed by atoms with Crippen LogP contribution in [-0.2, 0) is 0 Å². The van der Waals surface area contributed by atoms with E-state index in [1.807, 2.05) is 30.3 Å². The van der Waals surface area contributed by atoms with Gasteiger partial charge in [0.15, 0.2) is 10.9 Å². The van der Waals surface area contributed by atoms with E-state index in [0.29, 0.717) is 22.2 Å². The molecule has 136 valence electrons. The Morgan fingerprint density at radius 1 is 1.14 bits per heavy atom. The number of nitrogens with one attached hydrogen (secondary N) is 1. The second-order valence-electron chi connectivity index (χ2n) is 6.05. The number of carbonyl (C=O) groups excluding carboxylic acids is 1. The molecule has 0 spiro atoms. The number of furan rings is 1. The maximum Gasteiger partial charge on any atom is 0.270 e. The molecule has 0 saturated carbocycles. The standard InChI is InChI=1S/C20H12N4O3S/c25-18(13-10-21-17-7-3-4-8-24(17)19(13)26)23-20-22-14(11-28-20)16-9-12-5-1-2-6-15(12)27-16/h1-11H,(H,22,23,25). The number of fused-ring (bicyclic) bond motifs is 2. The third-order valence-electron chi connectivity index (χ3n) is 4.26. The molecule has 1 aromatic carbocycles. The van der Waals surface area contributed by atoms with Gasteiger partial charge in [-0.3, -0.25) is 19.3 Å². The molecular formula is C20H12N4O3S. The monoisotopic (exact) mass is 388 g/mol. The lowest BCUT2D eigenvalue weighted by molar-refractivity contribution is 0.102. The van der Waals surface area contributed by atoms with Crippen LogP contribution in [0.1, 0.15) is 10.4 Å². The number of nitrogens with zero attached hydrogens (tertiary/aromatic N) is 3. The highest BCUT2D eigenvalue weighted by molar-refractivity contribution is 7.14. The Morgan fingerprint density at radius 3 is 2.89 bits per heavy atom. The second-order valence-corrected chi connectivity index (χ2v) is 6.90. The van der Waals surface area contributed by atoms with E-state index in [2.05, 4.69) is 15.3 Å². The average Bonchev–Trinajstić information content (AvgIpc) is 3.35. The molecular weight excluding hydrogens is 376 g/mol. The van der Waals surface area contributed by atoms with Crippen LogP contribution in [0.15, 0.2) is 75.5 Å². The van der Waals surface area contributed by atoms with Gasteiger partial charge in [-0.05, 0) is 24.3 Å². The molecule has 0 unspecified atom stereocenters. The van der Waals surface area contributed by atoms with E-state index in [1.165, 1.54) is 21.9 Å². The van der Waals surface area contributed by atoms with E-state index in [1.54, 1.807) is 29.8 Å². The zero-order valence-electron chi connectivity index (χ0n) is 14.3. The van der Waals surface area contributed by atoms with E-state index < -0.39 is 11.5 Å². The maximum atomic E-state index is 12.5. The van der Waals surface area contributed by atoms with Crippen molar-refractivity contribution in [2.24, 2.45) is 0 Å². The summed E-state index contributed by atoms with van der Waals surface area (Å²) in [7, 11) is 0. The summed E-state index contributed by atoms with van der Waals surface area (Å²) >= 11 is 1.25. The maximum absolute atomic E-state index is 12.5. The molecule has 28 heavy (non-hydrogen) atoms. The zero-order chi connectivity index (χ0) is 19.1.